The number of ether oxygens (including phenoxy) is 1. The lowest BCUT2D eigenvalue weighted by Gasteiger charge is -2.32. The van der Waals surface area contributed by atoms with E-state index in [1.807, 2.05) is 30.3 Å². The molecule has 214 valence electrons. The van der Waals surface area contributed by atoms with E-state index in [0.717, 1.165) is 11.8 Å². The molecule has 0 spiro atoms. The van der Waals surface area contributed by atoms with Crippen LogP contribution in [0.1, 0.15) is 24.0 Å². The van der Waals surface area contributed by atoms with E-state index in [4.69, 9.17) is 27.9 Å². The van der Waals surface area contributed by atoms with Crippen molar-refractivity contribution in [3.63, 3.8) is 0 Å². The number of carbonyl (C=O) groups excluding carboxylic acids is 2. The quantitative estimate of drug-likeness (QED) is 0.298. The maximum atomic E-state index is 13.8. The molecule has 1 N–H and O–H groups in total. The second kappa shape index (κ2) is 14.4. The van der Waals surface area contributed by atoms with Crippen LogP contribution in [-0.2, 0) is 32.6 Å². The lowest BCUT2D eigenvalue weighted by atomic mass is 10.0. The number of hydrogen-bond acceptors (Lipinski definition) is 5. The second-order valence-corrected chi connectivity index (χ2v) is 11.9. The van der Waals surface area contributed by atoms with Gasteiger partial charge in [-0.25, -0.2) is 8.42 Å². The first-order valence-corrected chi connectivity index (χ1v) is 15.2. The van der Waals surface area contributed by atoms with Gasteiger partial charge >= 0.3 is 0 Å². The molecule has 0 fully saturated rings. The first kappa shape index (κ1) is 31.3. The van der Waals surface area contributed by atoms with Gasteiger partial charge in [0.15, 0.2) is 0 Å². The minimum Gasteiger partial charge on any atom is -0.497 e. The molecule has 0 saturated carbocycles. The molecule has 0 unspecified atom stereocenters. The number of likely N-dealkylation sites (N-methyl/N-ethyl adjacent to an activating group) is 1. The number of sulfonamides is 1. The average Bonchev–Trinajstić information content (AvgIpc) is 2.93. The number of carbonyl (C=O) groups is 2. The average molecular weight is 607 g/mol. The van der Waals surface area contributed by atoms with E-state index in [1.54, 1.807) is 42.5 Å². The maximum Gasteiger partial charge on any atom is 0.242 e. The van der Waals surface area contributed by atoms with Crippen molar-refractivity contribution in [2.45, 2.75) is 31.8 Å². The van der Waals surface area contributed by atoms with Crippen LogP contribution in [-0.4, -0.2) is 58.1 Å². The summed E-state index contributed by atoms with van der Waals surface area (Å²) in [7, 11) is -0.623. The molecule has 0 aliphatic heterocycles. The first-order valence-electron chi connectivity index (χ1n) is 12.6. The fourth-order valence-corrected chi connectivity index (χ4v) is 5.82. The predicted molar refractivity (Wildman–Crippen MR) is 159 cm³/mol. The fraction of sp³-hybridized carbons (Fsp3) is 0.310. The normalized spacial score (nSPS) is 11.9. The van der Waals surface area contributed by atoms with Gasteiger partial charge in [0.25, 0.3) is 0 Å². The molecule has 1 atom stereocenters. The molecule has 11 heteroatoms. The SMILES string of the molecule is CNC(=O)[C@H](Cc1ccccc1)N(Cc1c(Cl)cccc1Cl)C(=O)CCCN(c1cccc(OC)c1)S(C)(=O)=O. The Morgan fingerprint density at radius 1 is 0.975 bits per heavy atom. The summed E-state index contributed by atoms with van der Waals surface area (Å²) in [5, 5.41) is 3.42. The molecule has 0 bridgehead atoms. The smallest absolute Gasteiger partial charge is 0.242 e. The van der Waals surface area contributed by atoms with Crippen molar-refractivity contribution in [1.82, 2.24) is 10.2 Å². The van der Waals surface area contributed by atoms with Crippen LogP contribution in [0.3, 0.4) is 0 Å². The third-order valence-corrected chi connectivity index (χ3v) is 8.30. The summed E-state index contributed by atoms with van der Waals surface area (Å²) in [6, 6.07) is 20.3. The van der Waals surface area contributed by atoms with E-state index in [2.05, 4.69) is 5.32 Å². The number of nitrogens with zero attached hydrogens (tertiary/aromatic N) is 2. The Labute approximate surface area is 245 Å². The van der Waals surface area contributed by atoms with Crippen molar-refractivity contribution in [2.75, 3.05) is 31.3 Å². The first-order chi connectivity index (χ1) is 19.0. The van der Waals surface area contributed by atoms with Crippen LogP contribution in [0.2, 0.25) is 10.0 Å². The molecule has 3 rings (SSSR count). The molecule has 0 saturated heterocycles. The van der Waals surface area contributed by atoms with E-state index in [-0.39, 0.29) is 44.2 Å². The summed E-state index contributed by atoms with van der Waals surface area (Å²) in [6.45, 7) is 0.0652. The molecule has 3 aromatic rings. The molecule has 0 radical (unpaired) electrons. The van der Waals surface area contributed by atoms with E-state index >= 15 is 0 Å². The highest BCUT2D eigenvalue weighted by Gasteiger charge is 2.31. The Hall–Kier alpha value is -3.27. The minimum atomic E-state index is -3.64. The van der Waals surface area contributed by atoms with Crippen molar-refractivity contribution >= 4 is 50.7 Å². The molecule has 0 aliphatic carbocycles. The summed E-state index contributed by atoms with van der Waals surface area (Å²) in [5.74, 6) is -0.159. The third kappa shape index (κ3) is 8.36. The van der Waals surface area contributed by atoms with Gasteiger partial charge in [0.1, 0.15) is 11.8 Å². The number of rotatable bonds is 13. The predicted octanol–water partition coefficient (Wildman–Crippen LogP) is 4.93. The highest BCUT2D eigenvalue weighted by atomic mass is 35.5. The van der Waals surface area contributed by atoms with Crippen molar-refractivity contribution < 1.29 is 22.7 Å². The number of amides is 2. The Balaban J connectivity index is 1.89. The summed E-state index contributed by atoms with van der Waals surface area (Å²) >= 11 is 12.9. The van der Waals surface area contributed by atoms with Gasteiger partial charge in [-0.1, -0.05) is 65.7 Å². The zero-order chi connectivity index (χ0) is 29.3. The van der Waals surface area contributed by atoms with Crippen molar-refractivity contribution in [3.05, 3.63) is 94.0 Å². The number of halogens is 2. The van der Waals surface area contributed by atoms with Crippen LogP contribution in [0.5, 0.6) is 5.75 Å². The van der Waals surface area contributed by atoms with E-state index in [9.17, 15) is 18.0 Å². The van der Waals surface area contributed by atoms with Gasteiger partial charge in [-0.05, 0) is 36.2 Å². The van der Waals surface area contributed by atoms with E-state index in [1.165, 1.54) is 23.4 Å². The van der Waals surface area contributed by atoms with Crippen molar-refractivity contribution in [2.24, 2.45) is 0 Å². The van der Waals surface area contributed by atoms with Gasteiger partial charge in [0.2, 0.25) is 21.8 Å². The Morgan fingerprint density at radius 3 is 2.23 bits per heavy atom. The monoisotopic (exact) mass is 605 g/mol. The number of methoxy groups -OCH3 is 1. The molecular weight excluding hydrogens is 573 g/mol. The summed E-state index contributed by atoms with van der Waals surface area (Å²) in [6.07, 6.45) is 1.58. The third-order valence-electron chi connectivity index (χ3n) is 6.40. The highest BCUT2D eigenvalue weighted by molar-refractivity contribution is 7.92. The minimum absolute atomic E-state index is 0.00787. The van der Waals surface area contributed by atoms with Crippen LogP contribution in [0.4, 0.5) is 5.69 Å². The van der Waals surface area contributed by atoms with Gasteiger partial charge in [0, 0.05) is 54.7 Å². The standard InChI is InChI=1S/C29H33Cl2N3O5S/c1-32-29(36)27(18-21-10-5-4-6-11-21)33(20-24-25(30)14-8-15-26(24)31)28(35)16-9-17-34(40(3,37)38)22-12-7-13-23(19-22)39-2/h4-8,10-15,19,27H,9,16-18,20H2,1-3H3,(H,32,36)/t27-/m0/s1. The van der Waals surface area contributed by atoms with Crippen molar-refractivity contribution in [3.8, 4) is 5.75 Å². The summed E-state index contributed by atoms with van der Waals surface area (Å²) in [4.78, 5) is 28.3. The number of nitrogens with one attached hydrogen (secondary N) is 1. The number of benzene rings is 3. The number of hydrogen-bond donors (Lipinski definition) is 1. The lowest BCUT2D eigenvalue weighted by molar-refractivity contribution is -0.141. The molecule has 0 aliphatic rings. The second-order valence-electron chi connectivity index (χ2n) is 9.18. The molecular formula is C29H33Cl2N3O5S. The van der Waals surface area contributed by atoms with Gasteiger partial charge < -0.3 is 15.0 Å². The summed E-state index contributed by atoms with van der Waals surface area (Å²) < 4.78 is 31.7. The summed E-state index contributed by atoms with van der Waals surface area (Å²) in [5.41, 5.74) is 1.83. The van der Waals surface area contributed by atoms with Gasteiger partial charge in [0.05, 0.1) is 19.1 Å². The van der Waals surface area contributed by atoms with Crippen LogP contribution in [0.15, 0.2) is 72.8 Å². The Bertz CT molecular complexity index is 1400. The van der Waals surface area contributed by atoms with Crippen LogP contribution < -0.4 is 14.4 Å². The van der Waals surface area contributed by atoms with Crippen LogP contribution in [0.25, 0.3) is 0 Å². The zero-order valence-electron chi connectivity index (χ0n) is 22.6. The molecule has 40 heavy (non-hydrogen) atoms. The Morgan fingerprint density at radius 2 is 1.62 bits per heavy atom. The lowest BCUT2D eigenvalue weighted by Crippen LogP contribution is -2.50. The molecule has 0 aromatic heterocycles. The maximum absolute atomic E-state index is 13.8. The van der Waals surface area contributed by atoms with Crippen molar-refractivity contribution in [1.29, 1.82) is 0 Å². The van der Waals surface area contributed by atoms with E-state index in [0.29, 0.717) is 27.0 Å². The number of anilines is 1. The molecule has 8 nitrogen and oxygen atoms in total. The van der Waals surface area contributed by atoms with Gasteiger partial charge in [-0.2, -0.15) is 0 Å². The molecule has 2 amide bonds. The highest BCUT2D eigenvalue weighted by Crippen LogP contribution is 2.28. The zero-order valence-corrected chi connectivity index (χ0v) is 25.0. The van der Waals surface area contributed by atoms with E-state index < -0.39 is 16.1 Å². The largest absolute Gasteiger partial charge is 0.497 e. The molecule has 3 aromatic carbocycles. The Kier molecular flexibility index (Phi) is 11.2. The van der Waals surface area contributed by atoms with Crippen LogP contribution >= 0.6 is 23.2 Å². The van der Waals surface area contributed by atoms with Gasteiger partial charge in [-0.15, -0.1) is 0 Å². The fourth-order valence-electron chi connectivity index (χ4n) is 4.34. The van der Waals surface area contributed by atoms with Crippen LogP contribution in [0, 0.1) is 0 Å². The molecule has 0 heterocycles. The van der Waals surface area contributed by atoms with Gasteiger partial charge in [-0.3, -0.25) is 13.9 Å². The topological polar surface area (TPSA) is 96.0 Å².